The largest absolute Gasteiger partial charge is 0.497 e. The standard InChI is InChI=1S/C17H18N2O5.C2H6/c1-22-14-5-3-12(4-6-14)10-19-17(21)24-11-13-7-8-18-15(9-13)16(20)23-2;1-2/h3-9H,10-11H2,1-2H3,(H,19,21);1-2H3. The highest BCUT2D eigenvalue weighted by Gasteiger charge is 2.09. The van der Waals surface area contributed by atoms with Crippen molar-refractivity contribution in [2.45, 2.75) is 27.0 Å². The minimum atomic E-state index is -0.553. The smallest absolute Gasteiger partial charge is 0.407 e. The van der Waals surface area contributed by atoms with Crippen LogP contribution in [0.2, 0.25) is 0 Å². The van der Waals surface area contributed by atoms with E-state index >= 15 is 0 Å². The fourth-order valence-electron chi connectivity index (χ4n) is 1.90. The Morgan fingerprint density at radius 2 is 1.73 bits per heavy atom. The second-order valence-electron chi connectivity index (χ2n) is 4.82. The lowest BCUT2D eigenvalue weighted by Gasteiger charge is -2.08. The van der Waals surface area contributed by atoms with E-state index in [1.807, 2.05) is 38.1 Å². The van der Waals surface area contributed by atoms with E-state index in [2.05, 4.69) is 15.0 Å². The van der Waals surface area contributed by atoms with Gasteiger partial charge in [0.15, 0.2) is 0 Å². The Morgan fingerprint density at radius 1 is 1.04 bits per heavy atom. The summed E-state index contributed by atoms with van der Waals surface area (Å²) in [7, 11) is 2.87. The summed E-state index contributed by atoms with van der Waals surface area (Å²) in [5.74, 6) is 0.209. The number of carbonyl (C=O) groups excluding carboxylic acids is 2. The summed E-state index contributed by atoms with van der Waals surface area (Å²) in [6.07, 6.45) is 0.905. The molecule has 0 saturated heterocycles. The van der Waals surface area contributed by atoms with Crippen LogP contribution in [0.1, 0.15) is 35.5 Å². The third-order valence-corrected chi connectivity index (χ3v) is 3.18. The zero-order valence-electron chi connectivity index (χ0n) is 15.4. The zero-order valence-corrected chi connectivity index (χ0v) is 15.4. The average Bonchev–Trinajstić information content (AvgIpc) is 2.72. The minimum Gasteiger partial charge on any atom is -0.497 e. The van der Waals surface area contributed by atoms with Crippen LogP contribution in [0.3, 0.4) is 0 Å². The van der Waals surface area contributed by atoms with Gasteiger partial charge in [-0.1, -0.05) is 26.0 Å². The lowest BCUT2D eigenvalue weighted by Crippen LogP contribution is -2.23. The third kappa shape index (κ3) is 6.80. The number of hydrogen-bond donors (Lipinski definition) is 1. The first-order valence-electron chi connectivity index (χ1n) is 8.19. The van der Waals surface area contributed by atoms with Gasteiger partial charge in [-0.3, -0.25) is 0 Å². The van der Waals surface area contributed by atoms with E-state index in [0.717, 1.165) is 11.3 Å². The molecule has 7 heteroatoms. The van der Waals surface area contributed by atoms with Crippen LogP contribution in [-0.2, 0) is 22.6 Å². The number of esters is 1. The third-order valence-electron chi connectivity index (χ3n) is 3.18. The molecule has 0 spiro atoms. The number of nitrogens with one attached hydrogen (secondary N) is 1. The second kappa shape index (κ2) is 11.5. The molecule has 0 radical (unpaired) electrons. The predicted octanol–water partition coefficient (Wildman–Crippen LogP) is 3.33. The number of hydrogen-bond acceptors (Lipinski definition) is 6. The van der Waals surface area contributed by atoms with Crippen LogP contribution in [0.5, 0.6) is 5.75 Å². The van der Waals surface area contributed by atoms with E-state index in [1.54, 1.807) is 13.2 Å². The molecule has 1 N–H and O–H groups in total. The normalized spacial score (nSPS) is 9.38. The van der Waals surface area contributed by atoms with Gasteiger partial charge in [0.1, 0.15) is 18.1 Å². The minimum absolute atomic E-state index is 0.0287. The van der Waals surface area contributed by atoms with E-state index < -0.39 is 12.1 Å². The highest BCUT2D eigenvalue weighted by Crippen LogP contribution is 2.11. The highest BCUT2D eigenvalue weighted by molar-refractivity contribution is 5.87. The van der Waals surface area contributed by atoms with Crippen molar-refractivity contribution < 1.29 is 23.8 Å². The molecule has 1 amide bonds. The van der Waals surface area contributed by atoms with Gasteiger partial charge < -0.3 is 19.5 Å². The van der Waals surface area contributed by atoms with E-state index in [1.165, 1.54) is 19.4 Å². The first-order chi connectivity index (χ1) is 12.6. The van der Waals surface area contributed by atoms with Gasteiger partial charge in [0.05, 0.1) is 14.2 Å². The van der Waals surface area contributed by atoms with Crippen molar-refractivity contribution in [3.05, 3.63) is 59.4 Å². The molecular formula is C19H24N2O5. The van der Waals surface area contributed by atoms with Gasteiger partial charge in [0, 0.05) is 12.7 Å². The Balaban J connectivity index is 0.00000163. The molecule has 0 aliphatic rings. The Bertz CT molecular complexity index is 701. The van der Waals surface area contributed by atoms with Crippen molar-refractivity contribution >= 4 is 12.1 Å². The molecule has 0 unspecified atom stereocenters. The van der Waals surface area contributed by atoms with E-state index in [4.69, 9.17) is 9.47 Å². The number of alkyl carbamates (subject to hydrolysis) is 1. The molecule has 0 bridgehead atoms. The summed E-state index contributed by atoms with van der Waals surface area (Å²) in [6.45, 7) is 4.37. The molecule has 1 heterocycles. The molecule has 7 nitrogen and oxygen atoms in total. The number of rotatable bonds is 6. The van der Waals surface area contributed by atoms with Crippen molar-refractivity contribution in [1.82, 2.24) is 10.3 Å². The summed E-state index contributed by atoms with van der Waals surface area (Å²) in [5, 5.41) is 2.65. The SMILES string of the molecule is CC.COC(=O)c1cc(COC(=O)NCc2ccc(OC)cc2)ccn1. The highest BCUT2D eigenvalue weighted by atomic mass is 16.5. The predicted molar refractivity (Wildman–Crippen MR) is 96.9 cm³/mol. The van der Waals surface area contributed by atoms with Crippen molar-refractivity contribution in [2.75, 3.05) is 14.2 Å². The lowest BCUT2D eigenvalue weighted by molar-refractivity contribution is 0.0594. The molecule has 1 aromatic carbocycles. The quantitative estimate of drug-likeness (QED) is 0.795. The molecule has 0 saturated carbocycles. The monoisotopic (exact) mass is 360 g/mol. The molecule has 2 rings (SSSR count). The first kappa shape index (κ1) is 21.0. The number of carbonyl (C=O) groups is 2. The fraction of sp³-hybridized carbons (Fsp3) is 0.316. The van der Waals surface area contributed by atoms with Gasteiger partial charge in [-0.2, -0.15) is 0 Å². The number of ether oxygens (including phenoxy) is 3. The van der Waals surface area contributed by atoms with Gasteiger partial charge in [0.2, 0.25) is 0 Å². The molecule has 0 atom stereocenters. The lowest BCUT2D eigenvalue weighted by atomic mass is 10.2. The van der Waals surface area contributed by atoms with E-state index in [0.29, 0.717) is 12.1 Å². The van der Waals surface area contributed by atoms with Gasteiger partial charge in [0.25, 0.3) is 0 Å². The molecule has 0 aliphatic heterocycles. The van der Waals surface area contributed by atoms with E-state index in [-0.39, 0.29) is 12.3 Å². The van der Waals surface area contributed by atoms with Gasteiger partial charge in [-0.15, -0.1) is 0 Å². The average molecular weight is 360 g/mol. The topological polar surface area (TPSA) is 86.8 Å². The van der Waals surface area contributed by atoms with Crippen LogP contribution in [0.25, 0.3) is 0 Å². The molecule has 0 aliphatic carbocycles. The van der Waals surface area contributed by atoms with Gasteiger partial charge >= 0.3 is 12.1 Å². The van der Waals surface area contributed by atoms with Gasteiger partial charge in [-0.05, 0) is 35.4 Å². The Labute approximate surface area is 153 Å². The molecule has 0 fully saturated rings. The van der Waals surface area contributed by atoms with Crippen molar-refractivity contribution in [2.24, 2.45) is 0 Å². The number of pyridine rings is 1. The van der Waals surface area contributed by atoms with Crippen LogP contribution in [0, 0.1) is 0 Å². The molecule has 2 aromatic rings. The fourth-order valence-corrected chi connectivity index (χ4v) is 1.90. The number of amides is 1. The number of aromatic nitrogens is 1. The maximum Gasteiger partial charge on any atom is 0.407 e. The summed E-state index contributed by atoms with van der Waals surface area (Å²) < 4.78 is 14.8. The number of nitrogens with zero attached hydrogens (tertiary/aromatic N) is 1. The van der Waals surface area contributed by atoms with Gasteiger partial charge in [-0.25, -0.2) is 14.6 Å². The zero-order chi connectivity index (χ0) is 19.4. The Hall–Kier alpha value is -3.09. The summed E-state index contributed by atoms with van der Waals surface area (Å²) in [4.78, 5) is 27.0. The van der Waals surface area contributed by atoms with Crippen LogP contribution in [-0.4, -0.2) is 31.3 Å². The number of methoxy groups -OCH3 is 2. The van der Waals surface area contributed by atoms with E-state index in [9.17, 15) is 9.59 Å². The van der Waals surface area contributed by atoms with Crippen LogP contribution >= 0.6 is 0 Å². The number of benzene rings is 1. The molecule has 140 valence electrons. The van der Waals surface area contributed by atoms with Crippen LogP contribution < -0.4 is 10.1 Å². The second-order valence-corrected chi connectivity index (χ2v) is 4.82. The Kier molecular flexibility index (Phi) is 9.24. The van der Waals surface area contributed by atoms with Crippen molar-refractivity contribution in [3.8, 4) is 5.75 Å². The van der Waals surface area contributed by atoms with Crippen molar-refractivity contribution in [1.29, 1.82) is 0 Å². The molecular weight excluding hydrogens is 336 g/mol. The first-order valence-corrected chi connectivity index (χ1v) is 8.19. The molecule has 1 aromatic heterocycles. The maximum atomic E-state index is 11.7. The Morgan fingerprint density at radius 3 is 2.35 bits per heavy atom. The van der Waals surface area contributed by atoms with Crippen molar-refractivity contribution in [3.63, 3.8) is 0 Å². The maximum absolute atomic E-state index is 11.7. The summed E-state index contributed by atoms with van der Waals surface area (Å²) >= 11 is 0. The van der Waals surface area contributed by atoms with Crippen LogP contribution in [0.15, 0.2) is 42.6 Å². The molecule has 26 heavy (non-hydrogen) atoms. The summed E-state index contributed by atoms with van der Waals surface area (Å²) in [5.41, 5.74) is 1.73. The summed E-state index contributed by atoms with van der Waals surface area (Å²) in [6, 6.07) is 10.5. The van der Waals surface area contributed by atoms with Crippen LogP contribution in [0.4, 0.5) is 4.79 Å².